The highest BCUT2D eigenvalue weighted by molar-refractivity contribution is 4.92. The zero-order valence-electron chi connectivity index (χ0n) is 8.90. The van der Waals surface area contributed by atoms with Crippen molar-refractivity contribution in [3.05, 3.63) is 11.9 Å². The van der Waals surface area contributed by atoms with Crippen molar-refractivity contribution in [3.8, 4) is 0 Å². The van der Waals surface area contributed by atoms with E-state index in [1.165, 1.54) is 0 Å². The highest BCUT2D eigenvalue weighted by Crippen LogP contribution is 1.92. The fraction of sp³-hybridized carbons (Fsp3) is 0.778. The maximum atomic E-state index is 5.42. The molecule has 0 saturated carbocycles. The monoisotopic (exact) mass is 197 g/mol. The SMILES string of the molecule is CC(C)NCCn1cc(CCN)nn1. The number of hydrogen-bond donors (Lipinski definition) is 2. The standard InChI is InChI=1S/C9H19N5/c1-8(2)11-5-6-14-7-9(3-4-10)12-13-14/h7-8,11H,3-6,10H2,1-2H3. The molecule has 0 aliphatic heterocycles. The molecule has 0 amide bonds. The third-order valence-corrected chi connectivity index (χ3v) is 1.88. The molecule has 0 saturated heterocycles. The van der Waals surface area contributed by atoms with E-state index in [-0.39, 0.29) is 0 Å². The van der Waals surface area contributed by atoms with E-state index in [0.717, 1.165) is 25.2 Å². The fourth-order valence-electron chi connectivity index (χ4n) is 1.18. The third-order valence-electron chi connectivity index (χ3n) is 1.88. The number of aromatic nitrogens is 3. The number of rotatable bonds is 6. The number of nitrogens with zero attached hydrogens (tertiary/aromatic N) is 3. The van der Waals surface area contributed by atoms with Crippen LogP contribution < -0.4 is 11.1 Å². The first-order valence-electron chi connectivity index (χ1n) is 5.05. The van der Waals surface area contributed by atoms with Crippen LogP contribution in [0, 0.1) is 0 Å². The van der Waals surface area contributed by atoms with E-state index >= 15 is 0 Å². The number of nitrogens with one attached hydrogen (secondary N) is 1. The van der Waals surface area contributed by atoms with Gasteiger partial charge in [0.15, 0.2) is 0 Å². The molecule has 0 aliphatic rings. The molecule has 1 rings (SSSR count). The molecule has 1 heterocycles. The molecule has 0 unspecified atom stereocenters. The third kappa shape index (κ3) is 3.85. The van der Waals surface area contributed by atoms with Gasteiger partial charge in [-0.25, -0.2) is 0 Å². The molecule has 0 atom stereocenters. The topological polar surface area (TPSA) is 68.8 Å². The lowest BCUT2D eigenvalue weighted by Gasteiger charge is -2.06. The van der Waals surface area contributed by atoms with Crippen molar-refractivity contribution in [2.75, 3.05) is 13.1 Å². The van der Waals surface area contributed by atoms with Crippen LogP contribution in [0.15, 0.2) is 6.20 Å². The Morgan fingerprint density at radius 2 is 2.36 bits per heavy atom. The molecule has 0 bridgehead atoms. The van der Waals surface area contributed by atoms with Crippen LogP contribution in [0.3, 0.4) is 0 Å². The highest BCUT2D eigenvalue weighted by Gasteiger charge is 1.99. The van der Waals surface area contributed by atoms with Gasteiger partial charge in [-0.1, -0.05) is 19.1 Å². The summed E-state index contributed by atoms with van der Waals surface area (Å²) in [6.45, 7) is 6.66. The average molecular weight is 197 g/mol. The number of hydrogen-bond acceptors (Lipinski definition) is 4. The van der Waals surface area contributed by atoms with Crippen molar-refractivity contribution >= 4 is 0 Å². The van der Waals surface area contributed by atoms with Gasteiger partial charge in [0.05, 0.1) is 12.2 Å². The summed E-state index contributed by atoms with van der Waals surface area (Å²) in [6.07, 6.45) is 2.76. The van der Waals surface area contributed by atoms with Crippen LogP contribution in [0.25, 0.3) is 0 Å². The van der Waals surface area contributed by atoms with E-state index in [2.05, 4.69) is 29.5 Å². The van der Waals surface area contributed by atoms with Crippen molar-refractivity contribution in [2.45, 2.75) is 32.9 Å². The van der Waals surface area contributed by atoms with Crippen LogP contribution in [0.5, 0.6) is 0 Å². The molecule has 5 heteroatoms. The van der Waals surface area contributed by atoms with Gasteiger partial charge in [-0.05, 0) is 6.54 Å². The van der Waals surface area contributed by atoms with E-state index in [0.29, 0.717) is 12.6 Å². The Balaban J connectivity index is 2.28. The van der Waals surface area contributed by atoms with Crippen LogP contribution in [0.1, 0.15) is 19.5 Å². The molecule has 1 aromatic rings. The van der Waals surface area contributed by atoms with Crippen molar-refractivity contribution in [2.24, 2.45) is 5.73 Å². The first-order chi connectivity index (χ1) is 6.72. The predicted octanol–water partition coefficient (Wildman–Crippen LogP) is -0.223. The first kappa shape index (κ1) is 11.1. The summed E-state index contributed by atoms with van der Waals surface area (Å²) >= 11 is 0. The second kappa shape index (κ2) is 5.72. The number of nitrogens with two attached hydrogens (primary N) is 1. The van der Waals surface area contributed by atoms with Crippen molar-refractivity contribution < 1.29 is 0 Å². The van der Waals surface area contributed by atoms with Gasteiger partial charge in [0.2, 0.25) is 0 Å². The molecule has 0 aromatic carbocycles. The Kier molecular flexibility index (Phi) is 4.55. The Hall–Kier alpha value is -0.940. The van der Waals surface area contributed by atoms with Crippen molar-refractivity contribution in [3.63, 3.8) is 0 Å². The lowest BCUT2D eigenvalue weighted by atomic mass is 10.3. The van der Waals surface area contributed by atoms with Gasteiger partial charge in [0, 0.05) is 25.2 Å². The minimum Gasteiger partial charge on any atom is -0.330 e. The second-order valence-electron chi connectivity index (χ2n) is 3.62. The zero-order chi connectivity index (χ0) is 10.4. The Morgan fingerprint density at radius 3 is 3.00 bits per heavy atom. The van der Waals surface area contributed by atoms with Gasteiger partial charge in [-0.3, -0.25) is 4.68 Å². The molecule has 5 nitrogen and oxygen atoms in total. The van der Waals surface area contributed by atoms with Gasteiger partial charge >= 0.3 is 0 Å². The molecule has 0 spiro atoms. The van der Waals surface area contributed by atoms with Gasteiger partial charge in [-0.2, -0.15) is 0 Å². The van der Waals surface area contributed by atoms with Gasteiger partial charge in [0.25, 0.3) is 0 Å². The Morgan fingerprint density at radius 1 is 1.57 bits per heavy atom. The average Bonchev–Trinajstić information content (AvgIpc) is 2.53. The van der Waals surface area contributed by atoms with Crippen LogP contribution in [0.2, 0.25) is 0 Å². The summed E-state index contributed by atoms with van der Waals surface area (Å²) in [7, 11) is 0. The Labute approximate surface area is 84.7 Å². The predicted molar refractivity (Wildman–Crippen MR) is 55.9 cm³/mol. The summed E-state index contributed by atoms with van der Waals surface area (Å²) in [5.74, 6) is 0. The summed E-state index contributed by atoms with van der Waals surface area (Å²) in [6, 6.07) is 0.516. The minimum absolute atomic E-state index is 0.516. The van der Waals surface area contributed by atoms with Gasteiger partial charge in [-0.15, -0.1) is 5.10 Å². The summed E-state index contributed by atoms with van der Waals surface area (Å²) in [5, 5.41) is 11.3. The fourth-order valence-corrected chi connectivity index (χ4v) is 1.18. The maximum Gasteiger partial charge on any atom is 0.0839 e. The largest absolute Gasteiger partial charge is 0.330 e. The lowest BCUT2D eigenvalue weighted by molar-refractivity contribution is 0.506. The van der Waals surface area contributed by atoms with Crippen LogP contribution in [-0.2, 0) is 13.0 Å². The van der Waals surface area contributed by atoms with Crippen LogP contribution >= 0.6 is 0 Å². The lowest BCUT2D eigenvalue weighted by Crippen LogP contribution is -2.26. The summed E-state index contributed by atoms with van der Waals surface area (Å²) in [4.78, 5) is 0. The first-order valence-corrected chi connectivity index (χ1v) is 5.05. The minimum atomic E-state index is 0.516. The van der Waals surface area contributed by atoms with Crippen LogP contribution in [-0.4, -0.2) is 34.1 Å². The molecule has 3 N–H and O–H groups in total. The molecule has 0 fully saturated rings. The normalized spacial score (nSPS) is 11.1. The van der Waals surface area contributed by atoms with Gasteiger partial charge in [0.1, 0.15) is 0 Å². The molecular formula is C9H19N5. The quantitative estimate of drug-likeness (QED) is 0.661. The smallest absolute Gasteiger partial charge is 0.0839 e. The molecule has 0 radical (unpaired) electrons. The summed E-state index contributed by atoms with van der Waals surface area (Å²) < 4.78 is 1.85. The second-order valence-corrected chi connectivity index (χ2v) is 3.62. The molecule has 80 valence electrons. The van der Waals surface area contributed by atoms with E-state index < -0.39 is 0 Å². The van der Waals surface area contributed by atoms with E-state index in [9.17, 15) is 0 Å². The van der Waals surface area contributed by atoms with E-state index in [4.69, 9.17) is 5.73 Å². The van der Waals surface area contributed by atoms with E-state index in [1.54, 1.807) is 0 Å². The van der Waals surface area contributed by atoms with E-state index in [1.807, 2.05) is 10.9 Å². The maximum absolute atomic E-state index is 5.42. The molecule has 0 aliphatic carbocycles. The Bertz CT molecular complexity index is 255. The van der Waals surface area contributed by atoms with Crippen LogP contribution in [0.4, 0.5) is 0 Å². The molecular weight excluding hydrogens is 178 g/mol. The zero-order valence-corrected chi connectivity index (χ0v) is 8.90. The highest BCUT2D eigenvalue weighted by atomic mass is 15.4. The van der Waals surface area contributed by atoms with Crippen molar-refractivity contribution in [1.29, 1.82) is 0 Å². The van der Waals surface area contributed by atoms with Gasteiger partial charge < -0.3 is 11.1 Å². The molecule has 14 heavy (non-hydrogen) atoms. The summed E-state index contributed by atoms with van der Waals surface area (Å²) in [5.41, 5.74) is 6.39. The van der Waals surface area contributed by atoms with Crippen molar-refractivity contribution in [1.82, 2.24) is 20.3 Å². The molecule has 1 aromatic heterocycles.